The van der Waals surface area contributed by atoms with Gasteiger partial charge in [0.2, 0.25) is 17.3 Å². The number of hydrogen-bond acceptors (Lipinski definition) is 27. The van der Waals surface area contributed by atoms with Crippen molar-refractivity contribution in [2.24, 2.45) is 52.7 Å². The minimum Gasteiger partial charge on any atom is -0.508 e. The Hall–Kier alpha value is -8.76. The number of nitrogens with two attached hydrogens (primary N) is 3. The third-order valence-electron chi connectivity index (χ3n) is 19.9. The van der Waals surface area contributed by atoms with Crippen molar-refractivity contribution >= 4 is 105 Å². The second-order valence-corrected chi connectivity index (χ2v) is 26.1. The zero-order chi connectivity index (χ0) is 70.7. The first-order valence-corrected chi connectivity index (χ1v) is 29.7. The van der Waals surface area contributed by atoms with Gasteiger partial charge in [0.25, 0.3) is 17.7 Å². The Bertz CT molecular complexity index is 4090. The van der Waals surface area contributed by atoms with Crippen LogP contribution in [0.4, 0.5) is 0 Å². The predicted octanol–water partition coefficient (Wildman–Crippen LogP) is 0.0933. The molecule has 3 aromatic carbocycles. The number of benzene rings is 3. The number of primary amides is 3. The summed E-state index contributed by atoms with van der Waals surface area (Å²) in [5.74, 6) is -24.2. The molecule has 9 aliphatic rings. The molecular formula is C63H65Cl3N6O24. The van der Waals surface area contributed by atoms with Gasteiger partial charge in [-0.15, -0.1) is 12.4 Å². The molecule has 96 heavy (non-hydrogen) atoms. The largest absolute Gasteiger partial charge is 0.508 e. The topological polar surface area (TPSA) is 545 Å². The van der Waals surface area contributed by atoms with Crippen molar-refractivity contribution in [3.8, 4) is 17.2 Å². The van der Waals surface area contributed by atoms with Crippen LogP contribution in [0.1, 0.15) is 71.0 Å². The van der Waals surface area contributed by atoms with E-state index in [9.17, 15) is 120 Å². The van der Waals surface area contributed by atoms with Gasteiger partial charge >= 0.3 is 0 Å². The van der Waals surface area contributed by atoms with E-state index in [2.05, 4.69) is 0 Å². The van der Waals surface area contributed by atoms with Crippen LogP contribution in [0.15, 0.2) is 93.2 Å². The summed E-state index contributed by atoms with van der Waals surface area (Å²) < 4.78 is 0. The number of likely N-dealkylation sites (N-methyl/N-ethyl adjacent to an activating group) is 3. The van der Waals surface area contributed by atoms with E-state index in [1.807, 2.05) is 0 Å². The average Bonchev–Trinajstić information content (AvgIpc) is 0.709. The lowest BCUT2D eigenvalue weighted by atomic mass is 9.57. The van der Waals surface area contributed by atoms with Gasteiger partial charge in [-0.05, 0) is 97.4 Å². The molecule has 0 bridgehead atoms. The first kappa shape index (κ1) is 71.5. The van der Waals surface area contributed by atoms with Crippen molar-refractivity contribution < 1.29 is 120 Å². The van der Waals surface area contributed by atoms with Crippen molar-refractivity contribution in [2.75, 3.05) is 42.3 Å². The van der Waals surface area contributed by atoms with Crippen LogP contribution < -0.4 is 17.2 Å². The number of fused-ring (bicyclic) bond motifs is 9. The second-order valence-electron chi connectivity index (χ2n) is 25.3. The van der Waals surface area contributed by atoms with E-state index in [0.717, 1.165) is 0 Å². The molecule has 0 radical (unpaired) electrons. The Labute approximate surface area is 558 Å². The Morgan fingerprint density at radius 3 is 0.990 bits per heavy atom. The van der Waals surface area contributed by atoms with Gasteiger partial charge in [-0.3, -0.25) is 57.9 Å². The quantitative estimate of drug-likeness (QED) is 0.145. The van der Waals surface area contributed by atoms with Crippen LogP contribution in [0.5, 0.6) is 17.2 Å². The highest BCUT2D eigenvalue weighted by molar-refractivity contribution is 6.33. The zero-order valence-electron chi connectivity index (χ0n) is 51.2. The lowest BCUT2D eigenvalue weighted by Crippen LogP contribution is -2.66. The van der Waals surface area contributed by atoms with Gasteiger partial charge in [0.1, 0.15) is 68.5 Å². The lowest BCUT2D eigenvalue weighted by molar-refractivity contribution is -0.157. The molecule has 12 rings (SSSR count). The standard InChI is InChI=1S/2C21H21ClN2O8.C21H22N2O8.ClH/c2*1-24(2)14-7-5-6-10(16(27)12-9(25)4-3-8(22)11(12)15(6)26)18(29)21(7,32)19(30)13(17(14)28)20(23)31;1-23(2)14-9-6-8-12(16(26)11-7(15(8)25)4-3-5-10(11)24)18(28)21(9,31)19(29)13(17(14)27)20(22)30;/h2*3-4,6-7,14-15,25-27,30,32H,5H2,1-2H3,(H2,23,31);3-5,8-9,14-15,24-26,29,31H,6H2,1-2H3,(H2,22,30);1H/t2*6-,7-,14-,15-,21-;8-,9-,14-,15+,21-;/m000./s1. The van der Waals surface area contributed by atoms with E-state index in [1.165, 1.54) is 99.5 Å². The highest BCUT2D eigenvalue weighted by Crippen LogP contribution is 2.60. The first-order valence-electron chi connectivity index (χ1n) is 29.0. The number of aromatic hydroxyl groups is 3. The number of aliphatic hydroxyl groups excluding tert-OH is 9. The third-order valence-corrected chi connectivity index (χ3v) is 20.5. The second kappa shape index (κ2) is 24.4. The fourth-order valence-electron chi connectivity index (χ4n) is 15.7. The number of nitrogens with zero attached hydrogens (tertiary/aromatic N) is 3. The fraction of sp³-hybridized carbons (Fsp3) is 0.381. The van der Waals surface area contributed by atoms with Crippen LogP contribution in [-0.2, 0) is 43.2 Å². The molecule has 0 aliphatic heterocycles. The SMILES string of the molecule is CN(C)[C@@H]1C(=O)C(C(N)=O)=C(O)[C@@]2(O)C(=O)C3=C(O)c4c(O)ccc(Cl)c4[C@@H](O)[C@H]3C[C@@H]12.CN(C)[C@@H]1C(=O)C(C(N)=O)=C(O)[C@@]2(O)C(=O)C3=C(O)c4c(O)ccc(Cl)c4[C@@H](O)[C@H]3C[C@@H]12.CN(C)[C@@H]1C(=O)C(C(N)=O)=C(O)[C@@]2(O)C(=O)C3=C(O)c4c(O)cccc4[C@@H](O)[C@H]3C[C@@H]12.Cl. The summed E-state index contributed by atoms with van der Waals surface area (Å²) in [6.45, 7) is 0. The summed E-state index contributed by atoms with van der Waals surface area (Å²) in [6.07, 6.45) is -4.92. The maximum absolute atomic E-state index is 13.6. The normalized spacial score (nSPS) is 31.9. The molecule has 0 heterocycles. The van der Waals surface area contributed by atoms with Crippen LogP contribution in [0.2, 0.25) is 10.0 Å². The van der Waals surface area contributed by atoms with E-state index in [-0.39, 0.29) is 80.8 Å². The molecule has 21 N–H and O–H groups in total. The number of amides is 3. The number of carbonyl (C=O) groups excluding carboxylic acids is 9. The number of aliphatic hydroxyl groups is 12. The van der Waals surface area contributed by atoms with Gasteiger partial charge in [-0.25, -0.2) is 0 Å². The van der Waals surface area contributed by atoms with Crippen LogP contribution in [-0.4, -0.2) is 221 Å². The molecule has 3 saturated carbocycles. The number of halogens is 3. The molecule has 15 atom stereocenters. The minimum absolute atomic E-state index is 0. The molecule has 3 aromatic rings. The molecule has 0 saturated heterocycles. The molecular weight excluding hydrogens is 1330 g/mol. The summed E-state index contributed by atoms with van der Waals surface area (Å²) in [4.78, 5) is 119. The number of rotatable bonds is 6. The highest BCUT2D eigenvalue weighted by Gasteiger charge is 2.69. The van der Waals surface area contributed by atoms with Gasteiger partial charge in [-0.2, -0.15) is 0 Å². The highest BCUT2D eigenvalue weighted by atomic mass is 35.5. The molecule has 33 heteroatoms. The summed E-state index contributed by atoms with van der Waals surface area (Å²) in [5.41, 5.74) is 2.95. The molecule has 0 spiro atoms. The number of hydrogen-bond donors (Lipinski definition) is 18. The molecule has 3 amide bonds. The summed E-state index contributed by atoms with van der Waals surface area (Å²) in [6, 6.07) is 5.51. The third kappa shape index (κ3) is 9.74. The van der Waals surface area contributed by atoms with Gasteiger partial charge in [0.05, 0.1) is 53.1 Å². The van der Waals surface area contributed by atoms with Gasteiger partial charge < -0.3 is 93.8 Å². The lowest BCUT2D eigenvalue weighted by Gasteiger charge is -2.51. The molecule has 0 unspecified atom stereocenters. The van der Waals surface area contributed by atoms with Gasteiger partial charge in [0, 0.05) is 73.4 Å². The van der Waals surface area contributed by atoms with Crippen LogP contribution in [0.3, 0.4) is 0 Å². The summed E-state index contributed by atoms with van der Waals surface area (Å²) >= 11 is 12.4. The number of phenolic OH excluding ortho intramolecular Hbond substituents is 3. The van der Waals surface area contributed by atoms with Crippen LogP contribution in [0, 0.1) is 35.5 Å². The van der Waals surface area contributed by atoms with Crippen LogP contribution in [0.25, 0.3) is 17.3 Å². The van der Waals surface area contributed by atoms with E-state index < -0.39 is 221 Å². The Balaban J connectivity index is 0.000000168. The first-order chi connectivity index (χ1) is 44.1. The average molecular weight is 1400 g/mol. The fourth-order valence-corrected chi connectivity index (χ4v) is 16.2. The molecule has 0 aromatic heterocycles. The number of ketones is 6. The summed E-state index contributed by atoms with van der Waals surface area (Å²) in [5, 5.41) is 163. The number of Topliss-reactive ketones (excluding diaryl/α,β-unsaturated/α-hetero) is 6. The van der Waals surface area contributed by atoms with E-state index >= 15 is 0 Å². The van der Waals surface area contributed by atoms with Gasteiger partial charge in [0.15, 0.2) is 34.2 Å². The van der Waals surface area contributed by atoms with Crippen molar-refractivity contribution in [1.29, 1.82) is 0 Å². The van der Waals surface area contributed by atoms with E-state index in [4.69, 9.17) is 40.4 Å². The van der Waals surface area contributed by atoms with Crippen molar-refractivity contribution in [2.45, 2.75) is 72.5 Å². The van der Waals surface area contributed by atoms with Crippen molar-refractivity contribution in [1.82, 2.24) is 14.7 Å². The van der Waals surface area contributed by atoms with Crippen molar-refractivity contribution in [3.63, 3.8) is 0 Å². The molecule has 3 fully saturated rings. The summed E-state index contributed by atoms with van der Waals surface area (Å²) in [7, 11) is 8.94. The Morgan fingerprint density at radius 2 is 0.708 bits per heavy atom. The monoisotopic (exact) mass is 1390 g/mol. The Kier molecular flexibility index (Phi) is 18.2. The van der Waals surface area contributed by atoms with E-state index in [0.29, 0.717) is 0 Å². The van der Waals surface area contributed by atoms with Crippen molar-refractivity contribution in [3.05, 3.63) is 137 Å². The predicted molar refractivity (Wildman–Crippen MR) is 334 cm³/mol. The molecule has 30 nitrogen and oxygen atoms in total. The smallest absolute Gasteiger partial charge is 0.255 e. The number of carbonyl (C=O) groups is 9. The minimum atomic E-state index is -2.77. The maximum Gasteiger partial charge on any atom is 0.255 e. The van der Waals surface area contributed by atoms with Crippen LogP contribution >= 0.6 is 35.6 Å². The maximum atomic E-state index is 13.6. The van der Waals surface area contributed by atoms with Gasteiger partial charge in [-0.1, -0.05) is 35.3 Å². The molecule has 512 valence electrons. The zero-order valence-corrected chi connectivity index (χ0v) is 53.5. The number of phenols is 3. The van der Waals surface area contributed by atoms with E-state index in [1.54, 1.807) is 0 Å². The molecule has 9 aliphatic carbocycles. The Morgan fingerprint density at radius 1 is 0.438 bits per heavy atom.